The van der Waals surface area contributed by atoms with Gasteiger partial charge in [-0.2, -0.15) is 0 Å². The van der Waals surface area contributed by atoms with Crippen molar-refractivity contribution < 1.29 is 22.8 Å². The molecule has 3 fully saturated rings. The van der Waals surface area contributed by atoms with Gasteiger partial charge in [0.15, 0.2) is 9.84 Å². The van der Waals surface area contributed by atoms with Crippen LogP contribution in [0.25, 0.3) is 0 Å². The van der Waals surface area contributed by atoms with Crippen molar-refractivity contribution in [3.63, 3.8) is 0 Å². The molecule has 1 spiro atoms. The second-order valence-electron chi connectivity index (χ2n) is 8.08. The molecule has 4 amide bonds. The summed E-state index contributed by atoms with van der Waals surface area (Å²) >= 11 is 0. The van der Waals surface area contributed by atoms with Crippen LogP contribution in [0.3, 0.4) is 0 Å². The molecule has 1 aliphatic carbocycles. The summed E-state index contributed by atoms with van der Waals surface area (Å²) in [6, 6.07) is -1.06. The molecule has 0 bridgehead atoms. The van der Waals surface area contributed by atoms with Crippen LogP contribution in [-0.2, 0) is 19.4 Å². The van der Waals surface area contributed by atoms with E-state index >= 15 is 0 Å². The first-order chi connectivity index (χ1) is 12.7. The molecule has 152 valence electrons. The minimum atomic E-state index is -3.14. The molecule has 0 aromatic rings. The Bertz CT molecular complexity index is 729. The van der Waals surface area contributed by atoms with E-state index in [2.05, 4.69) is 5.32 Å². The van der Waals surface area contributed by atoms with Crippen LogP contribution in [0.15, 0.2) is 0 Å². The van der Waals surface area contributed by atoms with Gasteiger partial charge in [0.1, 0.15) is 12.1 Å². The van der Waals surface area contributed by atoms with Crippen LogP contribution in [0.4, 0.5) is 4.79 Å². The first kappa shape index (κ1) is 20.1. The molecule has 27 heavy (non-hydrogen) atoms. The van der Waals surface area contributed by atoms with E-state index in [4.69, 9.17) is 0 Å². The summed E-state index contributed by atoms with van der Waals surface area (Å²) in [6.07, 6.45) is 5.10. The van der Waals surface area contributed by atoms with Gasteiger partial charge in [-0.1, -0.05) is 26.2 Å². The average Bonchev–Trinajstić information content (AvgIpc) is 3.08. The minimum Gasteiger partial charge on any atom is -0.334 e. The summed E-state index contributed by atoms with van der Waals surface area (Å²) in [4.78, 5) is 40.9. The molecular weight excluding hydrogens is 370 g/mol. The first-order valence-electron chi connectivity index (χ1n) is 9.85. The summed E-state index contributed by atoms with van der Waals surface area (Å²) in [6.45, 7) is 3.48. The van der Waals surface area contributed by atoms with E-state index in [1.54, 1.807) is 4.90 Å². The van der Waals surface area contributed by atoms with Crippen LogP contribution in [0.5, 0.6) is 0 Å². The van der Waals surface area contributed by atoms with Crippen LogP contribution >= 0.6 is 0 Å². The minimum absolute atomic E-state index is 0.0485. The number of nitrogens with zero attached hydrogens (tertiary/aromatic N) is 2. The van der Waals surface area contributed by atoms with E-state index in [0.29, 0.717) is 25.7 Å². The highest BCUT2D eigenvalue weighted by molar-refractivity contribution is 7.91. The molecule has 0 unspecified atom stereocenters. The standard InChI is InChI=1S/C18H29N3O5S/c1-3-13(2)21(14-7-10-27(25,26)12-14)15(22)11-20-16(23)18(19-17(20)24)8-5-4-6-9-18/h13-14H,3-12H2,1-2H3,(H,19,24)/t13-,14+/m0/s1. The number of urea groups is 1. The fourth-order valence-corrected chi connectivity index (χ4v) is 6.24. The number of nitrogens with one attached hydrogen (secondary N) is 1. The number of carbonyl (C=O) groups is 3. The Morgan fingerprint density at radius 2 is 1.96 bits per heavy atom. The largest absolute Gasteiger partial charge is 0.334 e. The lowest BCUT2D eigenvalue weighted by molar-refractivity contribution is -0.142. The topological polar surface area (TPSA) is 104 Å². The van der Waals surface area contributed by atoms with E-state index in [9.17, 15) is 22.8 Å². The predicted octanol–water partition coefficient (Wildman–Crippen LogP) is 1.06. The lowest BCUT2D eigenvalue weighted by Gasteiger charge is -2.35. The summed E-state index contributed by atoms with van der Waals surface area (Å²) in [5, 5.41) is 2.81. The number of sulfone groups is 1. The van der Waals surface area contributed by atoms with Crippen molar-refractivity contribution >= 4 is 27.7 Å². The summed E-state index contributed by atoms with van der Waals surface area (Å²) < 4.78 is 23.7. The highest BCUT2D eigenvalue weighted by atomic mass is 32.2. The molecule has 3 rings (SSSR count). The van der Waals surface area contributed by atoms with Gasteiger partial charge in [-0.05, 0) is 32.6 Å². The summed E-state index contributed by atoms with van der Waals surface area (Å²) in [5.74, 6) is -0.649. The number of carbonyl (C=O) groups excluding carboxylic acids is 3. The van der Waals surface area contributed by atoms with Gasteiger partial charge in [0.2, 0.25) is 5.91 Å². The Kier molecular flexibility index (Phi) is 5.52. The average molecular weight is 400 g/mol. The molecule has 8 nitrogen and oxygen atoms in total. The van der Waals surface area contributed by atoms with E-state index < -0.39 is 21.4 Å². The highest BCUT2D eigenvalue weighted by Gasteiger charge is 2.52. The van der Waals surface area contributed by atoms with Crippen LogP contribution < -0.4 is 5.32 Å². The molecule has 0 radical (unpaired) electrons. The van der Waals surface area contributed by atoms with Crippen molar-refractivity contribution in [2.75, 3.05) is 18.1 Å². The van der Waals surface area contributed by atoms with E-state index in [1.165, 1.54) is 0 Å². The van der Waals surface area contributed by atoms with Gasteiger partial charge >= 0.3 is 6.03 Å². The van der Waals surface area contributed by atoms with Gasteiger partial charge in [-0.15, -0.1) is 0 Å². The Morgan fingerprint density at radius 1 is 1.30 bits per heavy atom. The van der Waals surface area contributed by atoms with Crippen molar-refractivity contribution in [3.8, 4) is 0 Å². The molecular formula is C18H29N3O5S. The van der Waals surface area contributed by atoms with Gasteiger partial charge in [0.05, 0.1) is 11.5 Å². The van der Waals surface area contributed by atoms with Crippen molar-refractivity contribution in [1.29, 1.82) is 0 Å². The van der Waals surface area contributed by atoms with Gasteiger partial charge in [-0.3, -0.25) is 14.5 Å². The van der Waals surface area contributed by atoms with Crippen molar-refractivity contribution in [2.24, 2.45) is 0 Å². The van der Waals surface area contributed by atoms with Gasteiger partial charge in [0, 0.05) is 12.1 Å². The lowest BCUT2D eigenvalue weighted by atomic mass is 9.82. The molecule has 2 heterocycles. The molecule has 9 heteroatoms. The van der Waals surface area contributed by atoms with E-state index in [-0.39, 0.29) is 41.9 Å². The second kappa shape index (κ2) is 7.41. The zero-order valence-corrected chi connectivity index (χ0v) is 16.9. The highest BCUT2D eigenvalue weighted by Crippen LogP contribution is 2.33. The number of hydrogen-bond acceptors (Lipinski definition) is 5. The van der Waals surface area contributed by atoms with Crippen LogP contribution in [-0.4, -0.2) is 71.7 Å². The lowest BCUT2D eigenvalue weighted by Crippen LogP contribution is -2.52. The molecule has 0 aromatic carbocycles. The van der Waals surface area contributed by atoms with E-state index in [0.717, 1.165) is 24.2 Å². The monoisotopic (exact) mass is 399 g/mol. The van der Waals surface area contributed by atoms with Crippen molar-refractivity contribution in [2.45, 2.75) is 76.4 Å². The second-order valence-corrected chi connectivity index (χ2v) is 10.3. The summed E-state index contributed by atoms with van der Waals surface area (Å²) in [5.41, 5.74) is -0.854. The van der Waals surface area contributed by atoms with Crippen LogP contribution in [0, 0.1) is 0 Å². The summed E-state index contributed by atoms with van der Waals surface area (Å²) in [7, 11) is -3.14. The Labute approximate surface area is 160 Å². The maximum absolute atomic E-state index is 13.0. The molecule has 2 aliphatic heterocycles. The number of rotatable bonds is 5. The van der Waals surface area contributed by atoms with Crippen LogP contribution in [0.2, 0.25) is 0 Å². The maximum atomic E-state index is 13.0. The predicted molar refractivity (Wildman–Crippen MR) is 99.7 cm³/mol. The van der Waals surface area contributed by atoms with E-state index in [1.807, 2.05) is 13.8 Å². The van der Waals surface area contributed by atoms with Gasteiger partial charge in [-0.25, -0.2) is 13.2 Å². The van der Waals surface area contributed by atoms with Crippen molar-refractivity contribution in [1.82, 2.24) is 15.1 Å². The number of amides is 4. The Balaban J connectivity index is 1.75. The third-order valence-electron chi connectivity index (χ3n) is 6.20. The van der Waals surface area contributed by atoms with Gasteiger partial charge < -0.3 is 10.2 Å². The SMILES string of the molecule is CC[C@H](C)N(C(=O)CN1C(=O)NC2(CCCCC2)C1=O)[C@@H]1CCS(=O)(=O)C1. The fourth-order valence-electron chi connectivity index (χ4n) is 4.53. The van der Waals surface area contributed by atoms with Crippen LogP contribution in [0.1, 0.15) is 58.8 Å². The smallest absolute Gasteiger partial charge is 0.325 e. The quantitative estimate of drug-likeness (QED) is 0.696. The zero-order chi connectivity index (χ0) is 19.8. The van der Waals surface area contributed by atoms with Gasteiger partial charge in [0.25, 0.3) is 5.91 Å². The molecule has 2 atom stereocenters. The third kappa shape index (κ3) is 3.83. The molecule has 0 aromatic heterocycles. The third-order valence-corrected chi connectivity index (χ3v) is 7.95. The fraction of sp³-hybridized carbons (Fsp3) is 0.833. The molecule has 2 saturated heterocycles. The molecule has 1 saturated carbocycles. The Morgan fingerprint density at radius 3 is 2.52 bits per heavy atom. The zero-order valence-electron chi connectivity index (χ0n) is 16.1. The number of hydrogen-bond donors (Lipinski definition) is 1. The number of imide groups is 1. The normalized spacial score (nSPS) is 27.6. The first-order valence-corrected chi connectivity index (χ1v) is 11.7. The maximum Gasteiger partial charge on any atom is 0.325 e. The Hall–Kier alpha value is -1.64. The molecule has 3 aliphatic rings. The molecule has 1 N–H and O–H groups in total. The van der Waals surface area contributed by atoms with Crippen molar-refractivity contribution in [3.05, 3.63) is 0 Å².